The minimum atomic E-state index is -0.247. The molecule has 0 bridgehead atoms. The summed E-state index contributed by atoms with van der Waals surface area (Å²) in [5.41, 5.74) is 8.37. The van der Waals surface area contributed by atoms with E-state index in [2.05, 4.69) is 6.07 Å². The van der Waals surface area contributed by atoms with Crippen LogP contribution in [0.2, 0.25) is 0 Å². The third kappa shape index (κ3) is 1.95. The molecule has 78 valence electrons. The van der Waals surface area contributed by atoms with Crippen molar-refractivity contribution in [2.45, 2.75) is 13.8 Å². The van der Waals surface area contributed by atoms with Crippen molar-refractivity contribution < 1.29 is 4.79 Å². The fraction of sp³-hybridized carbons (Fsp3) is 0.273. The van der Waals surface area contributed by atoms with E-state index in [9.17, 15) is 4.79 Å². The van der Waals surface area contributed by atoms with E-state index in [-0.39, 0.29) is 11.7 Å². The summed E-state index contributed by atoms with van der Waals surface area (Å²) in [4.78, 5) is 11.5. The predicted molar refractivity (Wildman–Crippen MR) is 60.1 cm³/mol. The molecule has 0 aliphatic rings. The molecule has 0 heterocycles. The van der Waals surface area contributed by atoms with Gasteiger partial charge in [-0.25, -0.2) is 0 Å². The second-order valence-corrected chi connectivity index (χ2v) is 3.59. The zero-order chi connectivity index (χ0) is 11.6. The molecule has 0 amide bonds. The first kappa shape index (κ1) is 11.5. The summed E-state index contributed by atoms with van der Waals surface area (Å²) < 4.78 is 0. The third-order valence-electron chi connectivity index (χ3n) is 2.32. The molecule has 0 aromatic heterocycles. The van der Waals surface area contributed by atoms with Gasteiger partial charge in [0.1, 0.15) is 0 Å². The molecule has 0 radical (unpaired) electrons. The molecule has 2 N–H and O–H groups in total. The van der Waals surface area contributed by atoms with Crippen LogP contribution in [0.15, 0.2) is 6.07 Å². The van der Waals surface area contributed by atoms with Crippen LogP contribution in [0.3, 0.4) is 0 Å². The lowest BCUT2D eigenvalue weighted by molar-refractivity contribution is 0.102. The number of hydrogen-bond acceptors (Lipinski definition) is 3. The second kappa shape index (κ2) is 4.33. The van der Waals surface area contributed by atoms with Crippen LogP contribution in [-0.2, 0) is 0 Å². The molecule has 0 saturated carbocycles. The van der Waals surface area contributed by atoms with Crippen LogP contribution in [0, 0.1) is 25.2 Å². The van der Waals surface area contributed by atoms with Gasteiger partial charge < -0.3 is 5.73 Å². The minimum absolute atomic E-state index is 0.126. The Balaban J connectivity index is 3.54. The first-order chi connectivity index (χ1) is 7.02. The molecule has 0 saturated heterocycles. The maximum Gasteiger partial charge on any atom is 0.179 e. The molecule has 0 aliphatic heterocycles. The van der Waals surface area contributed by atoms with Crippen molar-refractivity contribution >= 4 is 23.1 Å². The Morgan fingerprint density at radius 2 is 2.20 bits per heavy atom. The number of ketones is 1. The van der Waals surface area contributed by atoms with Gasteiger partial charge in [-0.3, -0.25) is 4.79 Å². The van der Waals surface area contributed by atoms with E-state index in [1.807, 2.05) is 0 Å². The predicted octanol–water partition coefficient (Wildman–Crippen LogP) is 2.18. The highest BCUT2D eigenvalue weighted by Gasteiger charge is 2.16. The number of nitriles is 1. The Bertz CT molecular complexity index is 461. The molecule has 0 atom stereocenters. The fourth-order valence-electron chi connectivity index (χ4n) is 1.62. The number of alkyl halides is 1. The van der Waals surface area contributed by atoms with Crippen LogP contribution >= 0.6 is 11.6 Å². The van der Waals surface area contributed by atoms with Crippen molar-refractivity contribution in [1.29, 1.82) is 5.26 Å². The second-order valence-electron chi connectivity index (χ2n) is 3.33. The van der Waals surface area contributed by atoms with Gasteiger partial charge >= 0.3 is 0 Å². The molecule has 4 heteroatoms. The van der Waals surface area contributed by atoms with E-state index in [1.54, 1.807) is 19.9 Å². The fourth-order valence-corrected chi connectivity index (χ4v) is 1.76. The van der Waals surface area contributed by atoms with Crippen LogP contribution in [0.4, 0.5) is 5.69 Å². The number of carbonyl (C=O) groups is 1. The topological polar surface area (TPSA) is 66.9 Å². The molecule has 3 nitrogen and oxygen atoms in total. The largest absolute Gasteiger partial charge is 0.398 e. The molecular weight excluding hydrogens is 212 g/mol. The summed E-state index contributed by atoms with van der Waals surface area (Å²) in [6.45, 7) is 3.50. The van der Waals surface area contributed by atoms with Crippen LogP contribution < -0.4 is 5.73 Å². The summed E-state index contributed by atoms with van der Waals surface area (Å²) in [5.74, 6) is -0.373. The number of halogens is 1. The van der Waals surface area contributed by atoms with Gasteiger partial charge in [0.2, 0.25) is 0 Å². The number of carbonyl (C=O) groups excluding carboxylic acids is 1. The maximum absolute atomic E-state index is 11.5. The molecule has 0 spiro atoms. The molecular formula is C11H11ClN2O. The Kier molecular flexibility index (Phi) is 3.33. The van der Waals surface area contributed by atoms with Gasteiger partial charge in [0.15, 0.2) is 5.78 Å². The van der Waals surface area contributed by atoms with E-state index >= 15 is 0 Å². The number of nitrogen functional groups attached to an aromatic ring is 1. The van der Waals surface area contributed by atoms with Crippen molar-refractivity contribution in [3.05, 3.63) is 28.3 Å². The summed E-state index contributed by atoms with van der Waals surface area (Å²) in [7, 11) is 0. The van der Waals surface area contributed by atoms with Gasteiger partial charge in [-0.2, -0.15) is 5.26 Å². The van der Waals surface area contributed by atoms with Crippen LogP contribution in [0.1, 0.15) is 27.0 Å². The lowest BCUT2D eigenvalue weighted by Crippen LogP contribution is -2.09. The van der Waals surface area contributed by atoms with Gasteiger partial charge in [0.25, 0.3) is 0 Å². The molecule has 15 heavy (non-hydrogen) atoms. The normalized spacial score (nSPS) is 9.73. The average Bonchev–Trinajstić information content (AvgIpc) is 2.17. The summed E-state index contributed by atoms with van der Waals surface area (Å²) in [6.07, 6.45) is 0. The Labute approximate surface area is 93.5 Å². The smallest absolute Gasteiger partial charge is 0.179 e. The highest BCUT2D eigenvalue weighted by molar-refractivity contribution is 6.31. The van der Waals surface area contributed by atoms with Crippen molar-refractivity contribution in [2.24, 2.45) is 0 Å². The zero-order valence-corrected chi connectivity index (χ0v) is 9.35. The Morgan fingerprint density at radius 1 is 1.60 bits per heavy atom. The highest BCUT2D eigenvalue weighted by Crippen LogP contribution is 2.24. The Morgan fingerprint density at radius 3 is 2.67 bits per heavy atom. The van der Waals surface area contributed by atoms with Crippen molar-refractivity contribution in [3.8, 4) is 6.07 Å². The van der Waals surface area contributed by atoms with Gasteiger partial charge in [0, 0.05) is 11.3 Å². The number of rotatable bonds is 2. The number of Topliss-reactive ketones (excluding diaryl/α,β-unsaturated/α-hetero) is 1. The van der Waals surface area contributed by atoms with Crippen molar-refractivity contribution in [1.82, 2.24) is 0 Å². The monoisotopic (exact) mass is 222 g/mol. The highest BCUT2D eigenvalue weighted by atomic mass is 35.5. The summed E-state index contributed by atoms with van der Waals surface area (Å²) in [6, 6.07) is 3.69. The number of aryl methyl sites for hydroxylation is 1. The number of hydrogen-bond donors (Lipinski definition) is 1. The van der Waals surface area contributed by atoms with Crippen molar-refractivity contribution in [2.75, 3.05) is 11.6 Å². The molecule has 0 fully saturated rings. The van der Waals surface area contributed by atoms with E-state index in [0.29, 0.717) is 22.4 Å². The van der Waals surface area contributed by atoms with Gasteiger partial charge in [-0.1, -0.05) is 0 Å². The molecule has 1 rings (SSSR count). The van der Waals surface area contributed by atoms with E-state index in [1.165, 1.54) is 0 Å². The van der Waals surface area contributed by atoms with E-state index in [0.717, 1.165) is 5.56 Å². The van der Waals surface area contributed by atoms with E-state index < -0.39 is 0 Å². The quantitative estimate of drug-likeness (QED) is 0.474. The number of anilines is 1. The molecule has 0 aliphatic carbocycles. The van der Waals surface area contributed by atoms with E-state index in [4.69, 9.17) is 22.6 Å². The van der Waals surface area contributed by atoms with Crippen molar-refractivity contribution in [3.63, 3.8) is 0 Å². The maximum atomic E-state index is 11.5. The lowest BCUT2D eigenvalue weighted by atomic mass is 9.95. The van der Waals surface area contributed by atoms with Crippen LogP contribution in [0.5, 0.6) is 0 Å². The number of nitrogens with two attached hydrogens (primary N) is 1. The molecule has 1 aromatic rings. The minimum Gasteiger partial charge on any atom is -0.398 e. The first-order valence-electron chi connectivity index (χ1n) is 4.41. The summed E-state index contributed by atoms with van der Waals surface area (Å²) in [5, 5.41) is 8.93. The average molecular weight is 223 g/mol. The standard InChI is InChI=1S/C11H11ClN2O/c1-6-3-9(14)11(10(15)4-12)7(2)8(6)5-13/h3H,4,14H2,1-2H3. The SMILES string of the molecule is Cc1cc(N)c(C(=O)CCl)c(C)c1C#N. The molecule has 1 aromatic carbocycles. The molecule has 0 unspecified atom stereocenters. The number of nitrogens with zero attached hydrogens (tertiary/aromatic N) is 1. The number of benzene rings is 1. The lowest BCUT2D eigenvalue weighted by Gasteiger charge is -2.10. The zero-order valence-electron chi connectivity index (χ0n) is 8.60. The third-order valence-corrected chi connectivity index (χ3v) is 2.56. The first-order valence-corrected chi connectivity index (χ1v) is 4.95. The van der Waals surface area contributed by atoms with Gasteiger partial charge in [-0.15, -0.1) is 11.6 Å². The van der Waals surface area contributed by atoms with Crippen LogP contribution in [0.25, 0.3) is 0 Å². The Hall–Kier alpha value is -1.53. The summed E-state index contributed by atoms with van der Waals surface area (Å²) >= 11 is 5.48. The van der Waals surface area contributed by atoms with Gasteiger partial charge in [-0.05, 0) is 31.0 Å². The van der Waals surface area contributed by atoms with Crippen LogP contribution in [-0.4, -0.2) is 11.7 Å². The van der Waals surface area contributed by atoms with Gasteiger partial charge in [0.05, 0.1) is 17.5 Å².